The van der Waals surface area contributed by atoms with Gasteiger partial charge in [-0.05, 0) is 35.9 Å². The van der Waals surface area contributed by atoms with E-state index in [1.165, 1.54) is 11.8 Å². The summed E-state index contributed by atoms with van der Waals surface area (Å²) in [6, 6.07) is 7.76. The zero-order valence-electron chi connectivity index (χ0n) is 10.1. The minimum Gasteiger partial charge on any atom is -0.369 e. The van der Waals surface area contributed by atoms with Crippen molar-refractivity contribution in [2.24, 2.45) is 5.73 Å². The number of aromatic nitrogens is 4. The van der Waals surface area contributed by atoms with E-state index in [0.29, 0.717) is 5.16 Å². The lowest BCUT2D eigenvalue weighted by atomic mass is 10.2. The molecule has 18 heavy (non-hydrogen) atoms. The first kappa shape index (κ1) is 12.6. The molecule has 0 unspecified atom stereocenters. The molecule has 6 nitrogen and oxygen atoms in total. The quantitative estimate of drug-likeness (QED) is 0.829. The summed E-state index contributed by atoms with van der Waals surface area (Å²) >= 11 is 1.24. The van der Waals surface area contributed by atoms with Gasteiger partial charge in [0.2, 0.25) is 11.1 Å². The number of tetrazole rings is 1. The molecule has 7 heteroatoms. The van der Waals surface area contributed by atoms with Gasteiger partial charge in [0.05, 0.1) is 10.9 Å². The van der Waals surface area contributed by atoms with Gasteiger partial charge in [0, 0.05) is 0 Å². The predicted octanol–water partition coefficient (Wildman–Crippen LogP) is 0.937. The van der Waals surface area contributed by atoms with Gasteiger partial charge in [-0.1, -0.05) is 30.0 Å². The summed E-state index contributed by atoms with van der Waals surface area (Å²) in [5, 5.41) is 11.7. The number of primary amides is 1. The molecule has 1 atom stereocenters. The lowest BCUT2D eigenvalue weighted by Crippen LogP contribution is -2.23. The lowest BCUT2D eigenvalue weighted by Gasteiger charge is -2.09. The maximum absolute atomic E-state index is 11.1. The third-order valence-corrected chi connectivity index (χ3v) is 3.52. The molecule has 2 rings (SSSR count). The second-order valence-electron chi connectivity index (χ2n) is 3.82. The second kappa shape index (κ2) is 5.18. The van der Waals surface area contributed by atoms with Gasteiger partial charge < -0.3 is 5.73 Å². The van der Waals surface area contributed by atoms with E-state index in [9.17, 15) is 4.79 Å². The minimum atomic E-state index is -0.390. The highest BCUT2D eigenvalue weighted by Gasteiger charge is 2.17. The highest BCUT2D eigenvalue weighted by molar-refractivity contribution is 8.00. The highest BCUT2D eigenvalue weighted by Crippen LogP contribution is 2.23. The molecule has 2 aromatic rings. The molecule has 94 valence electrons. The van der Waals surface area contributed by atoms with Crippen LogP contribution in [0, 0.1) is 6.92 Å². The van der Waals surface area contributed by atoms with E-state index in [-0.39, 0.29) is 11.2 Å². The van der Waals surface area contributed by atoms with Crippen molar-refractivity contribution in [2.45, 2.75) is 24.3 Å². The second-order valence-corrected chi connectivity index (χ2v) is 5.13. The van der Waals surface area contributed by atoms with Gasteiger partial charge in [-0.3, -0.25) is 4.79 Å². The zero-order chi connectivity index (χ0) is 13.1. The first-order valence-electron chi connectivity index (χ1n) is 5.40. The number of hydrogen-bond donors (Lipinski definition) is 1. The summed E-state index contributed by atoms with van der Waals surface area (Å²) in [5.41, 5.74) is 7.18. The zero-order valence-corrected chi connectivity index (χ0v) is 10.9. The van der Waals surface area contributed by atoms with E-state index in [1.807, 2.05) is 31.2 Å². The topological polar surface area (TPSA) is 86.7 Å². The van der Waals surface area contributed by atoms with Crippen LogP contribution in [-0.4, -0.2) is 31.4 Å². The molecule has 0 spiro atoms. The smallest absolute Gasteiger partial charge is 0.230 e. The molecule has 0 aliphatic carbocycles. The van der Waals surface area contributed by atoms with E-state index < -0.39 is 0 Å². The molecule has 0 saturated heterocycles. The molecular formula is C11H13N5OS. The number of aryl methyl sites for hydroxylation is 1. The molecule has 0 fully saturated rings. The number of hydrogen-bond acceptors (Lipinski definition) is 5. The largest absolute Gasteiger partial charge is 0.369 e. The van der Waals surface area contributed by atoms with Crippen molar-refractivity contribution in [3.63, 3.8) is 0 Å². The molecule has 1 heterocycles. The number of nitrogens with zero attached hydrogens (tertiary/aromatic N) is 4. The lowest BCUT2D eigenvalue weighted by molar-refractivity contribution is -0.117. The molecule has 0 aliphatic heterocycles. The molecule has 0 bridgehead atoms. The number of amides is 1. The summed E-state index contributed by atoms with van der Waals surface area (Å²) < 4.78 is 1.61. The predicted molar refractivity (Wildman–Crippen MR) is 68.4 cm³/mol. The monoisotopic (exact) mass is 263 g/mol. The fourth-order valence-electron chi connectivity index (χ4n) is 1.42. The first-order valence-corrected chi connectivity index (χ1v) is 6.28. The number of rotatable bonds is 4. The third-order valence-electron chi connectivity index (χ3n) is 2.47. The van der Waals surface area contributed by atoms with E-state index in [1.54, 1.807) is 11.6 Å². The van der Waals surface area contributed by atoms with Crippen LogP contribution >= 0.6 is 11.8 Å². The van der Waals surface area contributed by atoms with Crippen molar-refractivity contribution in [2.75, 3.05) is 0 Å². The van der Waals surface area contributed by atoms with E-state index in [4.69, 9.17) is 5.73 Å². The number of nitrogens with two attached hydrogens (primary N) is 1. The maximum Gasteiger partial charge on any atom is 0.230 e. The number of carbonyl (C=O) groups is 1. The SMILES string of the molecule is Cc1ccccc1-n1nnnc1S[C@@H](C)C(N)=O. The standard InChI is InChI=1S/C11H13N5OS/c1-7-5-3-4-6-9(7)16-11(13-14-15-16)18-8(2)10(12)17/h3-6,8H,1-2H3,(H2,12,17)/t8-/m0/s1. The Labute approximate surface area is 109 Å². The van der Waals surface area contributed by atoms with Gasteiger partial charge in [-0.25, -0.2) is 0 Å². The van der Waals surface area contributed by atoms with Crippen molar-refractivity contribution in [1.29, 1.82) is 0 Å². The van der Waals surface area contributed by atoms with Gasteiger partial charge in [0.1, 0.15) is 0 Å². The Kier molecular flexibility index (Phi) is 3.61. The van der Waals surface area contributed by atoms with Crippen LogP contribution in [0.4, 0.5) is 0 Å². The maximum atomic E-state index is 11.1. The van der Waals surface area contributed by atoms with E-state index >= 15 is 0 Å². The molecule has 0 radical (unpaired) electrons. The average Bonchev–Trinajstić information content (AvgIpc) is 2.77. The fraction of sp³-hybridized carbons (Fsp3) is 0.273. The van der Waals surface area contributed by atoms with Crippen LogP contribution < -0.4 is 5.73 Å². The Morgan fingerprint density at radius 2 is 2.17 bits per heavy atom. The summed E-state index contributed by atoms with van der Waals surface area (Å²) in [6.07, 6.45) is 0. The molecule has 1 aromatic carbocycles. The average molecular weight is 263 g/mol. The van der Waals surface area contributed by atoms with Crippen molar-refractivity contribution < 1.29 is 4.79 Å². The minimum absolute atomic E-state index is 0.376. The number of carbonyl (C=O) groups excluding carboxylic acids is 1. The van der Waals surface area contributed by atoms with Crippen molar-refractivity contribution in [3.8, 4) is 5.69 Å². The summed E-state index contributed by atoms with van der Waals surface area (Å²) in [6.45, 7) is 3.70. The molecular weight excluding hydrogens is 250 g/mol. The van der Waals surface area contributed by atoms with Crippen molar-refractivity contribution in [3.05, 3.63) is 29.8 Å². The van der Waals surface area contributed by atoms with Crippen molar-refractivity contribution in [1.82, 2.24) is 20.2 Å². The van der Waals surface area contributed by atoms with Gasteiger partial charge >= 0.3 is 0 Å². The number of benzene rings is 1. The summed E-state index contributed by atoms with van der Waals surface area (Å²) in [7, 11) is 0. The Morgan fingerprint density at radius 3 is 2.83 bits per heavy atom. The molecule has 0 aliphatic rings. The van der Waals surface area contributed by atoms with Crippen LogP contribution in [0.3, 0.4) is 0 Å². The van der Waals surface area contributed by atoms with Crippen molar-refractivity contribution >= 4 is 17.7 Å². The van der Waals surface area contributed by atoms with Crippen LogP contribution in [0.1, 0.15) is 12.5 Å². The third kappa shape index (κ3) is 2.51. The molecule has 1 aromatic heterocycles. The first-order chi connectivity index (χ1) is 8.59. The fourth-order valence-corrected chi connectivity index (χ4v) is 2.17. The normalized spacial score (nSPS) is 12.3. The van der Waals surface area contributed by atoms with Crippen LogP contribution in [0.2, 0.25) is 0 Å². The molecule has 2 N–H and O–H groups in total. The van der Waals surface area contributed by atoms with E-state index in [0.717, 1.165) is 11.3 Å². The Bertz CT molecular complexity index is 568. The van der Waals surface area contributed by atoms with Crippen LogP contribution in [0.25, 0.3) is 5.69 Å². The van der Waals surface area contributed by atoms with Crippen LogP contribution in [0.5, 0.6) is 0 Å². The van der Waals surface area contributed by atoms with Gasteiger partial charge in [-0.15, -0.1) is 5.10 Å². The van der Waals surface area contributed by atoms with E-state index in [2.05, 4.69) is 15.5 Å². The van der Waals surface area contributed by atoms with Gasteiger partial charge in [0.15, 0.2) is 0 Å². The Balaban J connectivity index is 2.34. The van der Waals surface area contributed by atoms with Gasteiger partial charge in [-0.2, -0.15) is 4.68 Å². The molecule has 1 amide bonds. The van der Waals surface area contributed by atoms with Crippen LogP contribution in [-0.2, 0) is 4.79 Å². The van der Waals surface area contributed by atoms with Crippen LogP contribution in [0.15, 0.2) is 29.4 Å². The molecule has 0 saturated carbocycles. The summed E-state index contributed by atoms with van der Waals surface area (Å²) in [5.74, 6) is -0.390. The van der Waals surface area contributed by atoms with Gasteiger partial charge in [0.25, 0.3) is 0 Å². The Hall–Kier alpha value is -1.89. The number of thioether (sulfide) groups is 1. The highest BCUT2D eigenvalue weighted by atomic mass is 32.2. The Morgan fingerprint density at radius 1 is 1.44 bits per heavy atom. The number of para-hydroxylation sites is 1. The summed E-state index contributed by atoms with van der Waals surface area (Å²) in [4.78, 5) is 11.1.